The molecule has 142 valence electrons. The molecule has 0 unspecified atom stereocenters. The molecule has 1 aliphatic carbocycles. The second-order valence-corrected chi connectivity index (χ2v) is 7.72. The lowest BCUT2D eigenvalue weighted by molar-refractivity contribution is -0.134. The van der Waals surface area contributed by atoms with Gasteiger partial charge < -0.3 is 9.80 Å². The molecule has 0 aromatic heterocycles. The maximum absolute atomic E-state index is 13.0. The first-order valence-corrected chi connectivity index (χ1v) is 9.37. The molecule has 27 heavy (non-hydrogen) atoms. The van der Waals surface area contributed by atoms with Crippen molar-refractivity contribution in [3.8, 4) is 0 Å². The predicted molar refractivity (Wildman–Crippen MR) is 98.6 cm³/mol. The van der Waals surface area contributed by atoms with Crippen molar-refractivity contribution in [2.75, 3.05) is 25.5 Å². The number of ketones is 1. The van der Waals surface area contributed by atoms with Gasteiger partial charge in [0.25, 0.3) is 5.91 Å². The summed E-state index contributed by atoms with van der Waals surface area (Å²) in [5, 5.41) is 0. The van der Waals surface area contributed by atoms with E-state index in [0.29, 0.717) is 18.4 Å². The quantitative estimate of drug-likeness (QED) is 0.603. The van der Waals surface area contributed by atoms with Gasteiger partial charge in [-0.05, 0) is 36.6 Å². The van der Waals surface area contributed by atoms with Crippen LogP contribution in [-0.2, 0) is 16.0 Å². The summed E-state index contributed by atoms with van der Waals surface area (Å²) < 4.78 is 0. The number of carbonyl (C=O) groups is 4. The fourth-order valence-corrected chi connectivity index (χ4v) is 4.55. The lowest BCUT2D eigenvalue weighted by Crippen LogP contribution is -2.49. The van der Waals surface area contributed by atoms with Crippen LogP contribution < -0.4 is 4.90 Å². The Labute approximate surface area is 157 Å². The normalized spacial score (nSPS) is 21.4. The van der Waals surface area contributed by atoms with Gasteiger partial charge in [0.1, 0.15) is 5.54 Å². The summed E-state index contributed by atoms with van der Waals surface area (Å²) in [6.07, 6.45) is 4.48. The third-order valence-corrected chi connectivity index (χ3v) is 6.26. The molecule has 3 aliphatic rings. The molecule has 4 rings (SSSR count). The van der Waals surface area contributed by atoms with Gasteiger partial charge in [0.2, 0.25) is 5.91 Å². The summed E-state index contributed by atoms with van der Waals surface area (Å²) in [6, 6.07) is 4.70. The average Bonchev–Trinajstić information content (AvgIpc) is 3.05. The lowest BCUT2D eigenvalue weighted by atomic mass is 9.80. The molecule has 0 atom stereocenters. The van der Waals surface area contributed by atoms with E-state index in [1.54, 1.807) is 37.2 Å². The highest BCUT2D eigenvalue weighted by atomic mass is 16.2. The number of urea groups is 1. The number of fused-ring (bicyclic) bond motifs is 1. The van der Waals surface area contributed by atoms with Crippen molar-refractivity contribution in [2.45, 2.75) is 44.1 Å². The maximum Gasteiger partial charge on any atom is 0.327 e. The predicted octanol–water partition coefficient (Wildman–Crippen LogP) is 1.99. The number of nitrogens with zero attached hydrogens (tertiary/aromatic N) is 3. The standard InChI is InChI=1S/C20H23N3O4/c1-21-15-7-6-13(10-14(15)11-17(21)25)16(24)12-23-18(26)20(22(2)19(23)27)8-4-3-5-9-20/h6-7,10H,3-5,8-9,11-12H2,1-2H3. The van der Waals surface area contributed by atoms with Crippen LogP contribution in [0.5, 0.6) is 0 Å². The van der Waals surface area contributed by atoms with Crippen LogP contribution in [0, 0.1) is 0 Å². The summed E-state index contributed by atoms with van der Waals surface area (Å²) in [7, 11) is 3.36. The molecular formula is C20H23N3O4. The summed E-state index contributed by atoms with van der Waals surface area (Å²) in [5.74, 6) is -0.553. The van der Waals surface area contributed by atoms with Gasteiger partial charge in [-0.15, -0.1) is 0 Å². The summed E-state index contributed by atoms with van der Waals surface area (Å²) in [4.78, 5) is 54.4. The molecule has 2 fully saturated rings. The van der Waals surface area contributed by atoms with Crippen molar-refractivity contribution in [2.24, 2.45) is 0 Å². The van der Waals surface area contributed by atoms with Gasteiger partial charge in [0, 0.05) is 25.3 Å². The molecule has 1 aromatic carbocycles. The number of amides is 4. The Bertz CT molecular complexity index is 857. The van der Waals surface area contributed by atoms with Crippen LogP contribution in [0.4, 0.5) is 10.5 Å². The van der Waals surface area contributed by atoms with Gasteiger partial charge in [-0.25, -0.2) is 4.79 Å². The van der Waals surface area contributed by atoms with E-state index in [0.717, 1.165) is 35.4 Å². The molecule has 7 nitrogen and oxygen atoms in total. The van der Waals surface area contributed by atoms with E-state index in [9.17, 15) is 19.2 Å². The van der Waals surface area contributed by atoms with Crippen LogP contribution in [-0.4, -0.2) is 59.6 Å². The minimum Gasteiger partial charge on any atom is -0.315 e. The highest BCUT2D eigenvalue weighted by Gasteiger charge is 2.55. The van der Waals surface area contributed by atoms with Crippen LogP contribution in [0.15, 0.2) is 18.2 Å². The fraction of sp³-hybridized carbons (Fsp3) is 0.500. The first-order chi connectivity index (χ1) is 12.8. The lowest BCUT2D eigenvalue weighted by Gasteiger charge is -2.35. The molecule has 1 aromatic rings. The Morgan fingerprint density at radius 2 is 1.78 bits per heavy atom. The zero-order valence-electron chi connectivity index (χ0n) is 15.7. The van der Waals surface area contributed by atoms with Crippen molar-refractivity contribution >= 4 is 29.3 Å². The average molecular weight is 369 g/mol. The van der Waals surface area contributed by atoms with Gasteiger partial charge in [0.05, 0.1) is 13.0 Å². The second-order valence-electron chi connectivity index (χ2n) is 7.72. The number of benzene rings is 1. The van der Waals surface area contributed by atoms with Crippen molar-refractivity contribution in [3.05, 3.63) is 29.3 Å². The molecule has 1 spiro atoms. The van der Waals surface area contributed by atoms with Gasteiger partial charge in [-0.3, -0.25) is 19.3 Å². The largest absolute Gasteiger partial charge is 0.327 e. The van der Waals surface area contributed by atoms with Crippen molar-refractivity contribution < 1.29 is 19.2 Å². The first kappa shape index (κ1) is 17.7. The Hall–Kier alpha value is -2.70. The summed E-state index contributed by atoms with van der Waals surface area (Å²) in [6.45, 7) is -0.258. The molecule has 2 aliphatic heterocycles. The molecule has 0 radical (unpaired) electrons. The minimum absolute atomic E-state index is 0.0136. The van der Waals surface area contributed by atoms with E-state index >= 15 is 0 Å². The third-order valence-electron chi connectivity index (χ3n) is 6.26. The van der Waals surface area contributed by atoms with Crippen molar-refractivity contribution in [3.63, 3.8) is 0 Å². The number of carbonyl (C=O) groups excluding carboxylic acids is 4. The fourth-order valence-electron chi connectivity index (χ4n) is 4.55. The summed E-state index contributed by atoms with van der Waals surface area (Å²) in [5.41, 5.74) is 1.24. The van der Waals surface area contributed by atoms with Crippen LogP contribution in [0.1, 0.15) is 48.0 Å². The number of hydrogen-bond acceptors (Lipinski definition) is 4. The monoisotopic (exact) mass is 369 g/mol. The number of rotatable bonds is 3. The van der Waals surface area contributed by atoms with E-state index in [1.165, 1.54) is 4.90 Å². The van der Waals surface area contributed by atoms with Gasteiger partial charge >= 0.3 is 6.03 Å². The third kappa shape index (κ3) is 2.56. The number of hydrogen-bond donors (Lipinski definition) is 0. The number of imide groups is 1. The number of likely N-dealkylation sites (N-methyl/N-ethyl adjacent to an activating group) is 2. The Morgan fingerprint density at radius 3 is 2.48 bits per heavy atom. The zero-order chi connectivity index (χ0) is 19.3. The number of Topliss-reactive ketones (excluding diaryl/α,β-unsaturated/α-hetero) is 1. The van der Waals surface area contributed by atoms with Crippen LogP contribution in [0.3, 0.4) is 0 Å². The molecule has 0 bridgehead atoms. The van der Waals surface area contributed by atoms with E-state index < -0.39 is 11.6 Å². The van der Waals surface area contributed by atoms with Crippen molar-refractivity contribution in [1.82, 2.24) is 9.80 Å². The Kier molecular flexibility index (Phi) is 4.05. The topological polar surface area (TPSA) is 78.0 Å². The second kappa shape index (κ2) is 6.18. The maximum atomic E-state index is 13.0. The Morgan fingerprint density at radius 1 is 1.07 bits per heavy atom. The highest BCUT2D eigenvalue weighted by molar-refractivity contribution is 6.11. The van der Waals surface area contributed by atoms with E-state index in [-0.39, 0.29) is 30.6 Å². The van der Waals surface area contributed by atoms with Gasteiger partial charge in [0.15, 0.2) is 5.78 Å². The molecule has 7 heteroatoms. The minimum atomic E-state index is -0.775. The molecule has 1 saturated carbocycles. The van der Waals surface area contributed by atoms with Crippen LogP contribution >= 0.6 is 0 Å². The van der Waals surface area contributed by atoms with E-state index in [1.807, 2.05) is 0 Å². The van der Waals surface area contributed by atoms with E-state index in [4.69, 9.17) is 0 Å². The highest BCUT2D eigenvalue weighted by Crippen LogP contribution is 2.39. The van der Waals surface area contributed by atoms with Crippen LogP contribution in [0.2, 0.25) is 0 Å². The summed E-state index contributed by atoms with van der Waals surface area (Å²) >= 11 is 0. The molecule has 2 heterocycles. The van der Waals surface area contributed by atoms with E-state index in [2.05, 4.69) is 0 Å². The number of anilines is 1. The molecule has 1 saturated heterocycles. The first-order valence-electron chi connectivity index (χ1n) is 9.37. The molecule has 4 amide bonds. The molecule has 0 N–H and O–H groups in total. The van der Waals surface area contributed by atoms with Crippen molar-refractivity contribution in [1.29, 1.82) is 0 Å². The SMILES string of the molecule is CN1C(=O)Cc2cc(C(=O)CN3C(=O)N(C)C4(CCCCC4)C3=O)ccc21. The Balaban J connectivity index is 1.55. The molecular weight excluding hydrogens is 346 g/mol. The van der Waals surface area contributed by atoms with Gasteiger partial charge in [-0.1, -0.05) is 19.3 Å². The van der Waals surface area contributed by atoms with Crippen LogP contribution in [0.25, 0.3) is 0 Å². The zero-order valence-corrected chi connectivity index (χ0v) is 15.7. The van der Waals surface area contributed by atoms with Gasteiger partial charge in [-0.2, -0.15) is 0 Å². The smallest absolute Gasteiger partial charge is 0.315 e.